The van der Waals surface area contributed by atoms with Gasteiger partial charge in [-0.25, -0.2) is 0 Å². The van der Waals surface area contributed by atoms with Crippen molar-refractivity contribution in [2.75, 3.05) is 13.1 Å². The topological polar surface area (TPSA) is 3.24 Å². The van der Waals surface area contributed by atoms with Crippen LogP contribution in [0.1, 0.15) is 20.3 Å². The molecule has 0 bridgehead atoms. The van der Waals surface area contributed by atoms with Gasteiger partial charge in [0.15, 0.2) is 0 Å². The van der Waals surface area contributed by atoms with E-state index in [0.29, 0.717) is 6.04 Å². The molecule has 2 rings (SSSR count). The average Bonchev–Trinajstić information content (AvgIpc) is 2.18. The third-order valence-corrected chi connectivity index (χ3v) is 3.69. The minimum atomic E-state index is 0.580. The van der Waals surface area contributed by atoms with Gasteiger partial charge >= 0.3 is 0 Å². The first-order valence-electron chi connectivity index (χ1n) is 5.22. The molecule has 1 unspecified atom stereocenters. The monoisotopic (exact) mass is 253 g/mol. The Morgan fingerprint density at radius 3 is 3.00 bits per heavy atom. The van der Waals surface area contributed by atoms with E-state index in [1.54, 1.807) is 0 Å². The van der Waals surface area contributed by atoms with Crippen LogP contribution in [0.4, 0.5) is 0 Å². The molecule has 0 aromatic heterocycles. The Morgan fingerprint density at radius 1 is 1.50 bits per heavy atom. The number of allylic oxidation sites excluding steroid dienone is 3. The van der Waals surface area contributed by atoms with Crippen molar-refractivity contribution >= 4 is 15.9 Å². The van der Waals surface area contributed by atoms with Crippen molar-refractivity contribution in [2.24, 2.45) is 0 Å². The smallest absolute Gasteiger partial charge is 0.0325 e. The number of nitrogens with zero attached hydrogens (tertiary/aromatic N) is 1. The minimum absolute atomic E-state index is 0.580. The van der Waals surface area contributed by atoms with Crippen molar-refractivity contribution in [3.63, 3.8) is 0 Å². The zero-order valence-electron chi connectivity index (χ0n) is 8.76. The molecule has 1 aliphatic heterocycles. The van der Waals surface area contributed by atoms with Crippen molar-refractivity contribution in [1.82, 2.24) is 4.90 Å². The van der Waals surface area contributed by atoms with E-state index < -0.39 is 0 Å². The molecular weight excluding hydrogens is 238 g/mol. The van der Waals surface area contributed by atoms with Crippen LogP contribution < -0.4 is 0 Å². The Balaban J connectivity index is 2.30. The van der Waals surface area contributed by atoms with Crippen LogP contribution >= 0.6 is 15.9 Å². The summed E-state index contributed by atoms with van der Waals surface area (Å²) in [5.74, 6) is 0. The molecule has 0 fully saturated rings. The van der Waals surface area contributed by atoms with Crippen LogP contribution in [-0.2, 0) is 0 Å². The molecule has 0 N–H and O–H groups in total. The molecule has 14 heavy (non-hydrogen) atoms. The van der Waals surface area contributed by atoms with Gasteiger partial charge in [0.2, 0.25) is 0 Å². The Bertz CT molecular complexity index is 325. The van der Waals surface area contributed by atoms with Crippen LogP contribution in [0.3, 0.4) is 0 Å². The van der Waals surface area contributed by atoms with E-state index in [-0.39, 0.29) is 0 Å². The molecule has 0 aromatic rings. The highest BCUT2D eigenvalue weighted by Gasteiger charge is 2.24. The largest absolute Gasteiger partial charge is 0.293 e. The summed E-state index contributed by atoms with van der Waals surface area (Å²) in [5, 5.41) is 0. The highest BCUT2D eigenvalue weighted by Crippen LogP contribution is 2.33. The molecule has 1 atom stereocenters. The minimum Gasteiger partial charge on any atom is -0.293 e. The Labute approximate surface area is 94.3 Å². The lowest BCUT2D eigenvalue weighted by molar-refractivity contribution is 0.264. The second-order valence-corrected chi connectivity index (χ2v) is 4.92. The van der Waals surface area contributed by atoms with Gasteiger partial charge in [-0.1, -0.05) is 41.1 Å². The maximum absolute atomic E-state index is 3.56. The molecule has 0 saturated carbocycles. The van der Waals surface area contributed by atoms with Gasteiger partial charge in [-0.05, 0) is 29.1 Å². The lowest BCUT2D eigenvalue weighted by atomic mass is 9.89. The number of fused-ring (bicyclic) bond motifs is 1. The van der Waals surface area contributed by atoms with E-state index in [4.69, 9.17) is 0 Å². The number of halogens is 1. The van der Waals surface area contributed by atoms with E-state index in [1.807, 2.05) is 0 Å². The lowest BCUT2D eigenvalue weighted by Crippen LogP contribution is -2.38. The highest BCUT2D eigenvalue weighted by molar-refractivity contribution is 9.11. The van der Waals surface area contributed by atoms with E-state index in [9.17, 15) is 0 Å². The highest BCUT2D eigenvalue weighted by atomic mass is 79.9. The average molecular weight is 254 g/mol. The van der Waals surface area contributed by atoms with E-state index in [2.05, 4.69) is 52.9 Å². The van der Waals surface area contributed by atoms with Crippen LogP contribution in [0.5, 0.6) is 0 Å². The molecule has 1 heterocycles. The molecule has 0 aromatic carbocycles. The van der Waals surface area contributed by atoms with Crippen LogP contribution in [0, 0.1) is 0 Å². The fourth-order valence-electron chi connectivity index (χ4n) is 2.21. The van der Waals surface area contributed by atoms with Crippen molar-refractivity contribution in [2.45, 2.75) is 26.3 Å². The van der Waals surface area contributed by atoms with E-state index in [1.165, 1.54) is 15.6 Å². The Kier molecular flexibility index (Phi) is 2.93. The van der Waals surface area contributed by atoms with Crippen molar-refractivity contribution in [3.05, 3.63) is 33.9 Å². The summed E-state index contributed by atoms with van der Waals surface area (Å²) in [7, 11) is 0. The quantitative estimate of drug-likeness (QED) is 0.694. The standard InChI is InChI=1S/C12H16BrN/c1-3-14-7-6-10-8-11(13)4-5-12(10)9(14)2/h4-6,9H,3,7-8H2,1-2H3. The summed E-state index contributed by atoms with van der Waals surface area (Å²) < 4.78 is 1.30. The molecule has 2 aliphatic rings. The van der Waals surface area contributed by atoms with Gasteiger partial charge in [0.05, 0.1) is 0 Å². The molecule has 1 nitrogen and oxygen atoms in total. The summed E-state index contributed by atoms with van der Waals surface area (Å²) in [6.07, 6.45) is 7.88. The third-order valence-electron chi connectivity index (χ3n) is 3.15. The van der Waals surface area contributed by atoms with Crippen LogP contribution in [-0.4, -0.2) is 24.0 Å². The normalized spacial score (nSPS) is 27.6. The van der Waals surface area contributed by atoms with Gasteiger partial charge in [0.1, 0.15) is 0 Å². The summed E-state index contributed by atoms with van der Waals surface area (Å²) in [5.41, 5.74) is 3.01. The SMILES string of the molecule is CCN1CC=C2CC(Br)=CC=C2C1C. The molecular formula is C12H16BrN. The number of rotatable bonds is 1. The zero-order valence-corrected chi connectivity index (χ0v) is 10.3. The maximum Gasteiger partial charge on any atom is 0.0325 e. The molecule has 0 spiro atoms. The fourth-order valence-corrected chi connectivity index (χ4v) is 2.65. The Hall–Kier alpha value is -0.340. The molecule has 0 radical (unpaired) electrons. The van der Waals surface area contributed by atoms with Crippen molar-refractivity contribution in [3.8, 4) is 0 Å². The van der Waals surface area contributed by atoms with E-state index >= 15 is 0 Å². The number of hydrogen-bond acceptors (Lipinski definition) is 1. The van der Waals surface area contributed by atoms with Gasteiger partial charge < -0.3 is 0 Å². The van der Waals surface area contributed by atoms with Crippen molar-refractivity contribution in [1.29, 1.82) is 0 Å². The number of likely N-dealkylation sites (N-methyl/N-ethyl adjacent to an activating group) is 1. The summed E-state index contributed by atoms with van der Waals surface area (Å²) in [6, 6.07) is 0.580. The fraction of sp³-hybridized carbons (Fsp3) is 0.500. The second-order valence-electron chi connectivity index (χ2n) is 3.91. The first-order chi connectivity index (χ1) is 6.72. The first-order valence-corrected chi connectivity index (χ1v) is 6.01. The molecule has 0 amide bonds. The first kappa shape index (κ1) is 10.2. The van der Waals surface area contributed by atoms with Crippen molar-refractivity contribution < 1.29 is 0 Å². The summed E-state index contributed by atoms with van der Waals surface area (Å²) in [6.45, 7) is 6.76. The molecule has 0 saturated heterocycles. The summed E-state index contributed by atoms with van der Waals surface area (Å²) >= 11 is 3.56. The van der Waals surface area contributed by atoms with Crippen LogP contribution in [0.2, 0.25) is 0 Å². The van der Waals surface area contributed by atoms with Crippen LogP contribution in [0.25, 0.3) is 0 Å². The lowest BCUT2D eigenvalue weighted by Gasteiger charge is -2.35. The number of hydrogen-bond donors (Lipinski definition) is 0. The second kappa shape index (κ2) is 4.03. The third kappa shape index (κ3) is 1.73. The predicted octanol–water partition coefficient (Wildman–Crippen LogP) is 3.25. The predicted molar refractivity (Wildman–Crippen MR) is 64.5 cm³/mol. The van der Waals surface area contributed by atoms with Gasteiger partial charge in [0, 0.05) is 19.0 Å². The van der Waals surface area contributed by atoms with Crippen LogP contribution in [0.15, 0.2) is 33.9 Å². The Morgan fingerprint density at radius 2 is 2.29 bits per heavy atom. The zero-order chi connectivity index (χ0) is 10.1. The van der Waals surface area contributed by atoms with Gasteiger partial charge in [-0.3, -0.25) is 4.90 Å². The van der Waals surface area contributed by atoms with Gasteiger partial charge in [0.25, 0.3) is 0 Å². The molecule has 2 heteroatoms. The molecule has 1 aliphatic carbocycles. The summed E-state index contributed by atoms with van der Waals surface area (Å²) in [4.78, 5) is 2.49. The van der Waals surface area contributed by atoms with E-state index in [0.717, 1.165) is 19.5 Å². The van der Waals surface area contributed by atoms with Gasteiger partial charge in [-0.15, -0.1) is 0 Å². The molecule has 76 valence electrons. The van der Waals surface area contributed by atoms with Gasteiger partial charge in [-0.2, -0.15) is 0 Å². The maximum atomic E-state index is 3.56.